The number of amides is 2. The van der Waals surface area contributed by atoms with E-state index in [0.29, 0.717) is 30.4 Å². The largest absolute Gasteiger partial charge is 0.509 e. The molecule has 1 aromatic rings. The van der Waals surface area contributed by atoms with Crippen LogP contribution in [0.25, 0.3) is 0 Å². The molecule has 1 unspecified atom stereocenters. The van der Waals surface area contributed by atoms with E-state index in [1.807, 2.05) is 26.0 Å². The number of carbonyl (C=O) groups excluding carboxylic acids is 2. The topological polar surface area (TPSA) is 96.9 Å². The van der Waals surface area contributed by atoms with Crippen LogP contribution in [-0.4, -0.2) is 35.5 Å². The van der Waals surface area contributed by atoms with Gasteiger partial charge in [0.2, 0.25) is 12.7 Å². The zero-order valence-corrected chi connectivity index (χ0v) is 15.5. The van der Waals surface area contributed by atoms with Crippen molar-refractivity contribution in [3.05, 3.63) is 34.4 Å². The molecule has 0 spiro atoms. The Morgan fingerprint density at radius 1 is 1.38 bits per heavy atom. The highest BCUT2D eigenvalue weighted by atomic mass is 32.2. The van der Waals surface area contributed by atoms with E-state index in [1.165, 1.54) is 0 Å². The lowest BCUT2D eigenvalue weighted by Gasteiger charge is -2.12. The van der Waals surface area contributed by atoms with Gasteiger partial charge in [0.05, 0.1) is 11.8 Å². The maximum atomic E-state index is 12.1. The molecule has 1 atom stereocenters. The van der Waals surface area contributed by atoms with Gasteiger partial charge in [0, 0.05) is 6.54 Å². The molecule has 2 heterocycles. The average molecular weight is 378 g/mol. The second kappa shape index (κ2) is 7.90. The van der Waals surface area contributed by atoms with Gasteiger partial charge in [-0.2, -0.15) is 0 Å². The molecular formula is C18H22N2O5S. The van der Waals surface area contributed by atoms with E-state index in [4.69, 9.17) is 9.47 Å². The molecule has 0 aliphatic carbocycles. The van der Waals surface area contributed by atoms with Crippen molar-refractivity contribution < 1.29 is 24.2 Å². The molecular weight excluding hydrogens is 356 g/mol. The summed E-state index contributed by atoms with van der Waals surface area (Å²) in [4.78, 5) is 24.3. The van der Waals surface area contributed by atoms with E-state index in [2.05, 4.69) is 10.6 Å². The van der Waals surface area contributed by atoms with E-state index in [9.17, 15) is 14.7 Å². The van der Waals surface area contributed by atoms with Crippen LogP contribution in [0.4, 0.5) is 0 Å². The Morgan fingerprint density at radius 3 is 2.92 bits per heavy atom. The molecule has 3 rings (SSSR count). The van der Waals surface area contributed by atoms with Gasteiger partial charge in [-0.05, 0) is 30.0 Å². The van der Waals surface area contributed by atoms with Crippen LogP contribution in [0.5, 0.6) is 11.5 Å². The number of fused-ring (bicyclic) bond motifs is 1. The van der Waals surface area contributed by atoms with Gasteiger partial charge in [0.25, 0.3) is 5.91 Å². The van der Waals surface area contributed by atoms with E-state index >= 15 is 0 Å². The SMILES string of the molecule is CC(C)CC1NC(=O)C(SCC(=O)NCc2ccc3c(c2)OCO3)=C1O. The minimum Gasteiger partial charge on any atom is -0.509 e. The first kappa shape index (κ1) is 18.4. The third kappa shape index (κ3) is 4.24. The van der Waals surface area contributed by atoms with Crippen molar-refractivity contribution in [3.63, 3.8) is 0 Å². The molecule has 26 heavy (non-hydrogen) atoms. The molecule has 7 nitrogen and oxygen atoms in total. The number of hydrogen-bond donors (Lipinski definition) is 3. The molecule has 0 bridgehead atoms. The van der Waals surface area contributed by atoms with Crippen LogP contribution < -0.4 is 20.1 Å². The van der Waals surface area contributed by atoms with Gasteiger partial charge in [-0.25, -0.2) is 0 Å². The number of hydrogen-bond acceptors (Lipinski definition) is 6. The summed E-state index contributed by atoms with van der Waals surface area (Å²) in [5.41, 5.74) is 0.894. The lowest BCUT2D eigenvalue weighted by atomic mass is 10.0. The maximum Gasteiger partial charge on any atom is 0.261 e. The van der Waals surface area contributed by atoms with Crippen molar-refractivity contribution in [2.45, 2.75) is 32.9 Å². The molecule has 8 heteroatoms. The van der Waals surface area contributed by atoms with Gasteiger partial charge in [0.15, 0.2) is 11.5 Å². The van der Waals surface area contributed by atoms with Crippen molar-refractivity contribution in [1.82, 2.24) is 10.6 Å². The predicted molar refractivity (Wildman–Crippen MR) is 97.9 cm³/mol. The van der Waals surface area contributed by atoms with Crippen LogP contribution in [0.1, 0.15) is 25.8 Å². The fourth-order valence-electron chi connectivity index (χ4n) is 2.79. The third-order valence-electron chi connectivity index (χ3n) is 4.06. The molecule has 0 fully saturated rings. The first-order valence-corrected chi connectivity index (χ1v) is 9.44. The molecule has 0 saturated carbocycles. The number of thioether (sulfide) groups is 1. The Labute approximate surface area is 156 Å². The Kier molecular flexibility index (Phi) is 5.61. The van der Waals surface area contributed by atoms with Crippen molar-refractivity contribution >= 4 is 23.6 Å². The summed E-state index contributed by atoms with van der Waals surface area (Å²) in [6.07, 6.45) is 0.665. The monoisotopic (exact) mass is 378 g/mol. The molecule has 2 aliphatic heterocycles. The van der Waals surface area contributed by atoms with Crippen molar-refractivity contribution in [3.8, 4) is 11.5 Å². The summed E-state index contributed by atoms with van der Waals surface area (Å²) >= 11 is 1.06. The number of rotatable bonds is 7. The van der Waals surface area contributed by atoms with Gasteiger partial charge in [-0.3, -0.25) is 9.59 Å². The normalized spacial score (nSPS) is 18.4. The third-order valence-corrected chi connectivity index (χ3v) is 5.15. The number of carbonyl (C=O) groups is 2. The maximum absolute atomic E-state index is 12.1. The molecule has 1 aromatic carbocycles. The molecule has 140 valence electrons. The number of benzene rings is 1. The number of aliphatic hydroxyl groups is 1. The lowest BCUT2D eigenvalue weighted by Crippen LogP contribution is -2.30. The highest BCUT2D eigenvalue weighted by molar-refractivity contribution is 8.04. The number of aliphatic hydroxyl groups excluding tert-OH is 1. The molecule has 0 aromatic heterocycles. The fraction of sp³-hybridized carbons (Fsp3) is 0.444. The van der Waals surface area contributed by atoms with E-state index in [0.717, 1.165) is 17.3 Å². The molecule has 2 amide bonds. The van der Waals surface area contributed by atoms with Crippen LogP contribution in [-0.2, 0) is 16.1 Å². The van der Waals surface area contributed by atoms with Gasteiger partial charge < -0.3 is 25.2 Å². The minimum atomic E-state index is -0.360. The van der Waals surface area contributed by atoms with E-state index in [-0.39, 0.29) is 41.1 Å². The van der Waals surface area contributed by atoms with Crippen molar-refractivity contribution in [1.29, 1.82) is 0 Å². The Bertz CT molecular complexity index is 747. The van der Waals surface area contributed by atoms with Crippen LogP contribution in [0.15, 0.2) is 28.9 Å². The summed E-state index contributed by atoms with van der Waals surface area (Å²) in [7, 11) is 0. The van der Waals surface area contributed by atoms with Gasteiger partial charge in [-0.1, -0.05) is 19.9 Å². The molecule has 3 N–H and O–H groups in total. The Balaban J connectivity index is 1.49. The predicted octanol–water partition coefficient (Wildman–Crippen LogP) is 2.08. The van der Waals surface area contributed by atoms with E-state index in [1.54, 1.807) is 6.07 Å². The summed E-state index contributed by atoms with van der Waals surface area (Å²) in [5.74, 6) is 1.27. The molecule has 2 aliphatic rings. The number of nitrogens with one attached hydrogen (secondary N) is 2. The number of ether oxygens (including phenoxy) is 2. The molecule has 0 radical (unpaired) electrons. The summed E-state index contributed by atoms with van der Waals surface area (Å²) in [6.45, 7) is 4.60. The smallest absolute Gasteiger partial charge is 0.261 e. The summed E-state index contributed by atoms with van der Waals surface area (Å²) in [5, 5.41) is 15.7. The quantitative estimate of drug-likeness (QED) is 0.672. The van der Waals surface area contributed by atoms with Crippen molar-refractivity contribution in [2.75, 3.05) is 12.5 Å². The van der Waals surface area contributed by atoms with Crippen LogP contribution in [0, 0.1) is 5.92 Å². The first-order chi connectivity index (χ1) is 12.4. The highest BCUT2D eigenvalue weighted by Crippen LogP contribution is 2.32. The van der Waals surface area contributed by atoms with Gasteiger partial charge >= 0.3 is 0 Å². The van der Waals surface area contributed by atoms with Gasteiger partial charge in [-0.15, -0.1) is 11.8 Å². The van der Waals surface area contributed by atoms with Gasteiger partial charge in [0.1, 0.15) is 10.7 Å². The summed E-state index contributed by atoms with van der Waals surface area (Å²) in [6, 6.07) is 5.13. The molecule has 0 saturated heterocycles. The summed E-state index contributed by atoms with van der Waals surface area (Å²) < 4.78 is 10.6. The Hall–Kier alpha value is -2.35. The standard InChI is InChI=1S/C18H22N2O5S/c1-10(2)5-12-16(22)17(18(23)20-12)26-8-15(21)19-7-11-3-4-13-14(6-11)25-9-24-13/h3-4,6,10,12,22H,5,7-9H2,1-2H3,(H,19,21)(H,20,23). The minimum absolute atomic E-state index is 0.0391. The highest BCUT2D eigenvalue weighted by Gasteiger charge is 2.32. The Morgan fingerprint density at radius 2 is 2.15 bits per heavy atom. The zero-order valence-electron chi connectivity index (χ0n) is 14.7. The lowest BCUT2D eigenvalue weighted by molar-refractivity contribution is -0.118. The van der Waals surface area contributed by atoms with Crippen LogP contribution in [0.3, 0.4) is 0 Å². The van der Waals surface area contributed by atoms with Crippen molar-refractivity contribution in [2.24, 2.45) is 5.92 Å². The van der Waals surface area contributed by atoms with E-state index < -0.39 is 0 Å². The zero-order chi connectivity index (χ0) is 18.7. The average Bonchev–Trinajstić information content (AvgIpc) is 3.15. The second-order valence-electron chi connectivity index (χ2n) is 6.62. The van der Waals surface area contributed by atoms with Crippen LogP contribution >= 0.6 is 11.8 Å². The second-order valence-corrected chi connectivity index (χ2v) is 7.61. The van der Waals surface area contributed by atoms with Crippen LogP contribution in [0.2, 0.25) is 0 Å². The first-order valence-electron chi connectivity index (χ1n) is 8.46. The fourth-order valence-corrected chi connectivity index (χ4v) is 3.65.